The molecule has 10 nitrogen and oxygen atoms in total. The molecule has 5 rings (SSSR count). The van der Waals surface area contributed by atoms with Gasteiger partial charge in [0, 0.05) is 35.2 Å². The van der Waals surface area contributed by atoms with Gasteiger partial charge in [0.05, 0.1) is 38.6 Å². The summed E-state index contributed by atoms with van der Waals surface area (Å²) in [5.74, 6) is -1.44. The standard InChI is InChI=1S/C28H23F2N3O7S/c1-38-20-6-3-17(4-7-20)15-32(27-9-10-40-31-27)41(36,37)26-12-18-5-8-28(35)33(23(18)14-22(26)30)24-13-21(29)19(16-34)11-25(24)39-2/h3-14,34H,15-16H2,1-2H3. The van der Waals surface area contributed by atoms with E-state index in [0.29, 0.717) is 11.3 Å². The number of anilines is 1. The first-order valence-electron chi connectivity index (χ1n) is 12.1. The third-order valence-electron chi connectivity index (χ3n) is 6.44. The summed E-state index contributed by atoms with van der Waals surface area (Å²) in [4.78, 5) is 12.3. The molecular weight excluding hydrogens is 560 g/mol. The van der Waals surface area contributed by atoms with Crippen molar-refractivity contribution in [3.8, 4) is 17.2 Å². The van der Waals surface area contributed by atoms with E-state index in [1.54, 1.807) is 24.3 Å². The molecule has 0 atom stereocenters. The number of hydrogen-bond acceptors (Lipinski definition) is 8. The fourth-order valence-electron chi connectivity index (χ4n) is 4.37. The molecule has 0 aliphatic carbocycles. The topological polar surface area (TPSA) is 124 Å². The molecule has 0 saturated heterocycles. The van der Waals surface area contributed by atoms with Crippen LogP contribution in [0.25, 0.3) is 16.6 Å². The van der Waals surface area contributed by atoms with Gasteiger partial charge >= 0.3 is 0 Å². The first kappa shape index (κ1) is 27.8. The molecule has 2 aromatic heterocycles. The van der Waals surface area contributed by atoms with E-state index < -0.39 is 38.7 Å². The summed E-state index contributed by atoms with van der Waals surface area (Å²) in [7, 11) is -1.78. The zero-order chi connectivity index (χ0) is 29.3. The number of aliphatic hydroxyl groups excluding tert-OH is 1. The number of rotatable bonds is 9. The Morgan fingerprint density at radius 2 is 1.73 bits per heavy atom. The second-order valence-corrected chi connectivity index (χ2v) is 10.7. The van der Waals surface area contributed by atoms with Crippen LogP contribution in [0.2, 0.25) is 0 Å². The number of sulfonamides is 1. The van der Waals surface area contributed by atoms with Gasteiger partial charge in [-0.3, -0.25) is 9.36 Å². The lowest BCUT2D eigenvalue weighted by atomic mass is 10.1. The highest BCUT2D eigenvalue weighted by Crippen LogP contribution is 2.32. The number of aliphatic hydroxyl groups is 1. The van der Waals surface area contributed by atoms with E-state index in [-0.39, 0.29) is 40.3 Å². The van der Waals surface area contributed by atoms with Crippen LogP contribution in [0.4, 0.5) is 14.6 Å². The molecule has 0 aliphatic rings. The van der Waals surface area contributed by atoms with E-state index in [4.69, 9.17) is 14.0 Å². The van der Waals surface area contributed by atoms with Crippen molar-refractivity contribution in [1.29, 1.82) is 0 Å². The van der Waals surface area contributed by atoms with Gasteiger partial charge in [0.2, 0.25) is 0 Å². The number of aromatic nitrogens is 2. The lowest BCUT2D eigenvalue weighted by Gasteiger charge is -2.23. The van der Waals surface area contributed by atoms with Crippen molar-refractivity contribution in [3.05, 3.63) is 106 Å². The van der Waals surface area contributed by atoms with Crippen LogP contribution < -0.4 is 19.3 Å². The summed E-state index contributed by atoms with van der Waals surface area (Å²) < 4.78 is 75.3. The molecular formula is C28H23F2N3O7S. The monoisotopic (exact) mass is 583 g/mol. The van der Waals surface area contributed by atoms with E-state index in [0.717, 1.165) is 33.1 Å². The highest BCUT2D eigenvalue weighted by molar-refractivity contribution is 7.92. The minimum Gasteiger partial charge on any atom is -0.497 e. The number of nitrogens with zero attached hydrogens (tertiary/aromatic N) is 3. The second kappa shape index (κ2) is 11.0. The Labute approximate surface area is 232 Å². The maximum absolute atomic E-state index is 15.7. The molecule has 41 heavy (non-hydrogen) atoms. The largest absolute Gasteiger partial charge is 0.497 e. The highest BCUT2D eigenvalue weighted by Gasteiger charge is 2.31. The van der Waals surface area contributed by atoms with Crippen molar-refractivity contribution < 1.29 is 36.3 Å². The average Bonchev–Trinajstić information content (AvgIpc) is 3.50. The lowest BCUT2D eigenvalue weighted by molar-refractivity contribution is 0.274. The molecule has 13 heteroatoms. The number of hydrogen-bond donors (Lipinski definition) is 1. The summed E-state index contributed by atoms with van der Waals surface area (Å²) >= 11 is 0. The van der Waals surface area contributed by atoms with Gasteiger partial charge in [-0.1, -0.05) is 17.3 Å². The normalized spacial score (nSPS) is 11.5. The summed E-state index contributed by atoms with van der Waals surface area (Å²) in [5.41, 5.74) is -0.245. The van der Waals surface area contributed by atoms with Gasteiger partial charge in [-0.05, 0) is 35.9 Å². The van der Waals surface area contributed by atoms with Gasteiger partial charge in [0.1, 0.15) is 34.3 Å². The van der Waals surface area contributed by atoms with Crippen molar-refractivity contribution in [3.63, 3.8) is 0 Å². The van der Waals surface area contributed by atoms with E-state index in [1.165, 1.54) is 38.7 Å². The predicted octanol–water partition coefficient (Wildman–Crippen LogP) is 4.16. The first-order valence-corrected chi connectivity index (χ1v) is 13.5. The number of pyridine rings is 1. The van der Waals surface area contributed by atoms with Crippen LogP contribution in [-0.2, 0) is 23.2 Å². The van der Waals surface area contributed by atoms with Crippen LogP contribution in [0.15, 0.2) is 87.2 Å². The molecule has 2 heterocycles. The molecule has 5 aromatic rings. The van der Waals surface area contributed by atoms with Gasteiger partial charge in [0.15, 0.2) is 5.82 Å². The Balaban J connectivity index is 1.66. The van der Waals surface area contributed by atoms with E-state index in [9.17, 15) is 22.7 Å². The fraction of sp³-hybridized carbons (Fsp3) is 0.143. The Kier molecular flexibility index (Phi) is 7.47. The fourth-order valence-corrected chi connectivity index (χ4v) is 5.85. The minimum atomic E-state index is -4.57. The lowest BCUT2D eigenvalue weighted by Crippen LogP contribution is -2.31. The van der Waals surface area contributed by atoms with Gasteiger partial charge < -0.3 is 19.1 Å². The first-order chi connectivity index (χ1) is 19.7. The van der Waals surface area contributed by atoms with Crippen molar-refractivity contribution in [2.75, 3.05) is 18.5 Å². The summed E-state index contributed by atoms with van der Waals surface area (Å²) in [6.45, 7) is -0.815. The quantitative estimate of drug-likeness (QED) is 0.274. The number of benzene rings is 3. The Morgan fingerprint density at radius 1 is 0.976 bits per heavy atom. The van der Waals surface area contributed by atoms with Gasteiger partial charge in [-0.15, -0.1) is 0 Å². The Hall–Kier alpha value is -4.75. The second-order valence-electron chi connectivity index (χ2n) is 8.84. The van der Waals surface area contributed by atoms with Gasteiger partial charge in [0.25, 0.3) is 15.6 Å². The number of halogens is 2. The molecule has 1 N–H and O–H groups in total. The molecule has 0 aliphatic heterocycles. The molecule has 0 unspecified atom stereocenters. The summed E-state index contributed by atoms with van der Waals surface area (Å²) in [6, 6.07) is 14.6. The third-order valence-corrected chi connectivity index (χ3v) is 8.21. The molecule has 0 bridgehead atoms. The van der Waals surface area contributed by atoms with Crippen LogP contribution >= 0.6 is 0 Å². The number of ether oxygens (including phenoxy) is 2. The van der Waals surface area contributed by atoms with Crippen molar-refractivity contribution in [1.82, 2.24) is 9.72 Å². The van der Waals surface area contributed by atoms with Crippen LogP contribution in [0.3, 0.4) is 0 Å². The van der Waals surface area contributed by atoms with Crippen LogP contribution in [-0.4, -0.2) is 37.5 Å². The third kappa shape index (κ3) is 5.12. The van der Waals surface area contributed by atoms with Crippen molar-refractivity contribution in [2.24, 2.45) is 0 Å². The van der Waals surface area contributed by atoms with E-state index in [2.05, 4.69) is 5.16 Å². The van der Waals surface area contributed by atoms with E-state index in [1.807, 2.05) is 0 Å². The molecule has 0 saturated carbocycles. The average molecular weight is 584 g/mol. The van der Waals surface area contributed by atoms with Gasteiger partial charge in [-0.2, -0.15) is 0 Å². The molecule has 0 amide bonds. The Morgan fingerprint density at radius 3 is 2.37 bits per heavy atom. The maximum Gasteiger partial charge on any atom is 0.268 e. The van der Waals surface area contributed by atoms with Gasteiger partial charge in [-0.25, -0.2) is 21.5 Å². The molecule has 0 spiro atoms. The minimum absolute atomic E-state index is 0.0356. The van der Waals surface area contributed by atoms with E-state index >= 15 is 4.39 Å². The van der Waals surface area contributed by atoms with Crippen LogP contribution in [0.5, 0.6) is 11.5 Å². The summed E-state index contributed by atoms with van der Waals surface area (Å²) in [6.07, 6.45) is 1.19. The maximum atomic E-state index is 15.7. The number of methoxy groups -OCH3 is 2. The molecule has 3 aromatic carbocycles. The van der Waals surface area contributed by atoms with Crippen LogP contribution in [0.1, 0.15) is 11.1 Å². The predicted molar refractivity (Wildman–Crippen MR) is 145 cm³/mol. The molecule has 0 fully saturated rings. The summed E-state index contributed by atoms with van der Waals surface area (Å²) in [5, 5.41) is 13.3. The SMILES string of the molecule is COc1ccc(CN(c2ccon2)S(=O)(=O)c2cc3ccc(=O)n(-c4cc(F)c(CO)cc4OC)c3cc2F)cc1. The molecule has 0 radical (unpaired) electrons. The Bertz CT molecular complexity index is 1890. The van der Waals surface area contributed by atoms with Crippen molar-refractivity contribution >= 4 is 26.7 Å². The molecule has 212 valence electrons. The zero-order valence-electron chi connectivity index (χ0n) is 21.7. The smallest absolute Gasteiger partial charge is 0.268 e. The zero-order valence-corrected chi connectivity index (χ0v) is 22.6. The van der Waals surface area contributed by atoms with Crippen LogP contribution in [0, 0.1) is 11.6 Å². The van der Waals surface area contributed by atoms with Crippen molar-refractivity contribution in [2.45, 2.75) is 18.0 Å². The number of fused-ring (bicyclic) bond motifs is 1. The highest BCUT2D eigenvalue weighted by atomic mass is 32.2.